The van der Waals surface area contributed by atoms with E-state index in [0.717, 1.165) is 11.3 Å². The van der Waals surface area contributed by atoms with Crippen molar-refractivity contribution < 1.29 is 8.42 Å². The number of benzene rings is 1. The molecular weight excluding hydrogens is 284 g/mol. The van der Waals surface area contributed by atoms with E-state index in [-0.39, 0.29) is 15.6 Å². The van der Waals surface area contributed by atoms with Crippen molar-refractivity contribution in [2.45, 2.75) is 11.1 Å². The molecule has 0 atom stereocenters. The Morgan fingerprint density at radius 1 is 1.47 bits per heavy atom. The van der Waals surface area contributed by atoms with Crippen molar-refractivity contribution in [2.75, 3.05) is 10.5 Å². The third kappa shape index (κ3) is 2.83. The number of nitriles is 1. The average molecular weight is 294 g/mol. The molecule has 19 heavy (non-hydrogen) atoms. The van der Waals surface area contributed by atoms with Crippen molar-refractivity contribution in [2.24, 2.45) is 0 Å². The number of aryl methyl sites for hydroxylation is 1. The summed E-state index contributed by atoms with van der Waals surface area (Å²) in [6, 6.07) is 6.29. The van der Waals surface area contributed by atoms with Gasteiger partial charge < -0.3 is 5.73 Å². The van der Waals surface area contributed by atoms with E-state index in [9.17, 15) is 8.42 Å². The molecule has 0 radical (unpaired) electrons. The number of rotatable bonds is 3. The van der Waals surface area contributed by atoms with Crippen LogP contribution in [0.4, 0.5) is 11.4 Å². The van der Waals surface area contributed by atoms with Gasteiger partial charge in [-0.3, -0.25) is 4.72 Å². The van der Waals surface area contributed by atoms with Crippen LogP contribution in [0.15, 0.2) is 28.6 Å². The minimum atomic E-state index is -3.69. The van der Waals surface area contributed by atoms with Crippen LogP contribution < -0.4 is 10.5 Å². The van der Waals surface area contributed by atoms with Crippen LogP contribution in [0.2, 0.25) is 0 Å². The van der Waals surface area contributed by atoms with Crippen molar-refractivity contribution in [1.82, 2.24) is 4.98 Å². The monoisotopic (exact) mass is 294 g/mol. The lowest BCUT2D eigenvalue weighted by molar-refractivity contribution is 0.603. The second-order valence-electron chi connectivity index (χ2n) is 3.72. The molecule has 0 fully saturated rings. The van der Waals surface area contributed by atoms with Crippen molar-refractivity contribution >= 4 is 32.7 Å². The van der Waals surface area contributed by atoms with Gasteiger partial charge in [-0.25, -0.2) is 13.4 Å². The summed E-state index contributed by atoms with van der Waals surface area (Å²) >= 11 is 1.07. The Bertz CT molecular complexity index is 759. The number of nitrogens with two attached hydrogens (primary N) is 1. The molecule has 0 aliphatic heterocycles. The first-order valence-corrected chi connectivity index (χ1v) is 7.47. The molecule has 2 aromatic rings. The van der Waals surface area contributed by atoms with E-state index >= 15 is 0 Å². The molecular formula is C11H10N4O2S2. The Kier molecular flexibility index (Phi) is 3.42. The van der Waals surface area contributed by atoms with Crippen LogP contribution in [0.5, 0.6) is 0 Å². The quantitative estimate of drug-likeness (QED) is 0.837. The molecule has 6 nitrogen and oxygen atoms in total. The zero-order chi connectivity index (χ0) is 14.0. The van der Waals surface area contributed by atoms with Crippen LogP contribution in [0.25, 0.3) is 0 Å². The molecule has 0 amide bonds. The van der Waals surface area contributed by atoms with Crippen LogP contribution in [-0.2, 0) is 10.0 Å². The van der Waals surface area contributed by atoms with E-state index in [0.29, 0.717) is 10.6 Å². The zero-order valence-corrected chi connectivity index (χ0v) is 11.5. The number of nitrogens with zero attached hydrogens (tertiary/aromatic N) is 2. The Hall–Kier alpha value is -2.11. The van der Waals surface area contributed by atoms with Crippen LogP contribution in [0.3, 0.4) is 0 Å². The average Bonchev–Trinajstić information content (AvgIpc) is 2.79. The molecule has 1 aromatic heterocycles. The molecule has 8 heteroatoms. The Morgan fingerprint density at radius 3 is 2.74 bits per heavy atom. The predicted octanol–water partition coefficient (Wildman–Crippen LogP) is 1.71. The first-order chi connectivity index (χ1) is 8.92. The number of anilines is 2. The fourth-order valence-electron chi connectivity index (χ4n) is 1.39. The zero-order valence-electron chi connectivity index (χ0n) is 9.91. The second-order valence-corrected chi connectivity index (χ2v) is 6.86. The van der Waals surface area contributed by atoms with Crippen LogP contribution in [0.1, 0.15) is 10.6 Å². The SMILES string of the molecule is Cc1ncc(S(=O)(=O)Nc2ccc(C#N)cc2N)s1. The highest BCUT2D eigenvalue weighted by Crippen LogP contribution is 2.25. The lowest BCUT2D eigenvalue weighted by Crippen LogP contribution is -2.12. The maximum atomic E-state index is 12.1. The number of hydrogen-bond donors (Lipinski definition) is 2. The van der Waals surface area contributed by atoms with Crippen molar-refractivity contribution in [3.05, 3.63) is 35.0 Å². The molecule has 2 rings (SSSR count). The first kappa shape index (κ1) is 13.3. The fourth-order valence-corrected chi connectivity index (χ4v) is 3.58. The maximum Gasteiger partial charge on any atom is 0.273 e. The van der Waals surface area contributed by atoms with Crippen molar-refractivity contribution in [1.29, 1.82) is 5.26 Å². The summed E-state index contributed by atoms with van der Waals surface area (Å²) in [6.07, 6.45) is 1.29. The summed E-state index contributed by atoms with van der Waals surface area (Å²) < 4.78 is 26.6. The summed E-state index contributed by atoms with van der Waals surface area (Å²) in [4.78, 5) is 3.90. The lowest BCUT2D eigenvalue weighted by Gasteiger charge is -2.08. The van der Waals surface area contributed by atoms with Gasteiger partial charge in [-0.15, -0.1) is 11.3 Å². The minimum absolute atomic E-state index is 0.119. The van der Waals surface area contributed by atoms with Crippen LogP contribution >= 0.6 is 11.3 Å². The molecule has 1 aromatic carbocycles. The van der Waals surface area contributed by atoms with E-state index in [2.05, 4.69) is 9.71 Å². The Balaban J connectivity index is 2.34. The highest BCUT2D eigenvalue weighted by atomic mass is 32.2. The minimum Gasteiger partial charge on any atom is -0.397 e. The lowest BCUT2D eigenvalue weighted by atomic mass is 10.2. The first-order valence-electron chi connectivity index (χ1n) is 5.17. The van der Waals surface area contributed by atoms with E-state index in [1.165, 1.54) is 24.4 Å². The van der Waals surface area contributed by atoms with Gasteiger partial charge in [-0.05, 0) is 25.1 Å². The molecule has 0 aliphatic carbocycles. The van der Waals surface area contributed by atoms with Crippen LogP contribution in [-0.4, -0.2) is 13.4 Å². The van der Waals surface area contributed by atoms with Gasteiger partial charge in [0.15, 0.2) is 4.21 Å². The van der Waals surface area contributed by atoms with Crippen LogP contribution in [0, 0.1) is 18.3 Å². The molecule has 0 unspecified atom stereocenters. The van der Waals surface area contributed by atoms with Gasteiger partial charge in [0.05, 0.1) is 34.2 Å². The summed E-state index contributed by atoms with van der Waals surface area (Å²) in [5, 5.41) is 9.38. The van der Waals surface area contributed by atoms with Crippen molar-refractivity contribution in [3.63, 3.8) is 0 Å². The van der Waals surface area contributed by atoms with E-state index in [1.807, 2.05) is 6.07 Å². The van der Waals surface area contributed by atoms with Gasteiger partial charge in [0.1, 0.15) is 0 Å². The van der Waals surface area contributed by atoms with E-state index < -0.39 is 10.0 Å². The molecule has 0 bridgehead atoms. The standard InChI is InChI=1S/C11H10N4O2S2/c1-7-14-6-11(18-7)19(16,17)15-10-3-2-8(5-12)4-9(10)13/h2-4,6,15H,13H2,1H3. The van der Waals surface area contributed by atoms with E-state index in [1.54, 1.807) is 6.92 Å². The summed E-state index contributed by atoms with van der Waals surface area (Å²) in [7, 11) is -3.69. The number of hydrogen-bond acceptors (Lipinski definition) is 6. The predicted molar refractivity (Wildman–Crippen MR) is 73.2 cm³/mol. The largest absolute Gasteiger partial charge is 0.397 e. The van der Waals surface area contributed by atoms with Crippen molar-refractivity contribution in [3.8, 4) is 6.07 Å². The van der Waals surface area contributed by atoms with Gasteiger partial charge in [0.2, 0.25) is 0 Å². The molecule has 0 saturated heterocycles. The second kappa shape index (κ2) is 4.87. The Morgan fingerprint density at radius 2 is 2.21 bits per heavy atom. The number of nitrogens with one attached hydrogen (secondary N) is 1. The molecule has 1 heterocycles. The summed E-state index contributed by atoms with van der Waals surface area (Å²) in [5.74, 6) is 0. The molecule has 98 valence electrons. The highest BCUT2D eigenvalue weighted by Gasteiger charge is 2.18. The summed E-state index contributed by atoms with van der Waals surface area (Å²) in [5.41, 5.74) is 6.51. The highest BCUT2D eigenvalue weighted by molar-refractivity contribution is 7.94. The fraction of sp³-hybridized carbons (Fsp3) is 0.0909. The Labute approximate surface area is 114 Å². The smallest absolute Gasteiger partial charge is 0.273 e. The molecule has 3 N–H and O–H groups in total. The third-order valence-electron chi connectivity index (χ3n) is 2.29. The number of nitrogen functional groups attached to an aromatic ring is 1. The van der Waals surface area contributed by atoms with Gasteiger partial charge in [-0.2, -0.15) is 5.26 Å². The molecule has 0 spiro atoms. The van der Waals surface area contributed by atoms with Gasteiger partial charge in [-0.1, -0.05) is 0 Å². The molecule has 0 aliphatic rings. The maximum absolute atomic E-state index is 12.1. The topological polar surface area (TPSA) is 109 Å². The van der Waals surface area contributed by atoms with Gasteiger partial charge in [0.25, 0.3) is 10.0 Å². The molecule has 0 saturated carbocycles. The third-order valence-corrected chi connectivity index (χ3v) is 5.03. The summed E-state index contributed by atoms with van der Waals surface area (Å²) in [6.45, 7) is 1.72. The normalized spacial score (nSPS) is 10.9. The number of aromatic nitrogens is 1. The number of sulfonamides is 1. The van der Waals surface area contributed by atoms with E-state index in [4.69, 9.17) is 11.0 Å². The van der Waals surface area contributed by atoms with Gasteiger partial charge >= 0.3 is 0 Å². The van der Waals surface area contributed by atoms with Gasteiger partial charge in [0, 0.05) is 0 Å². The number of thiazole rings is 1.